The molecular weight excluding hydrogens is 380 g/mol. The van der Waals surface area contributed by atoms with E-state index in [1.165, 1.54) is 16.0 Å². The van der Waals surface area contributed by atoms with Gasteiger partial charge in [0.05, 0.1) is 5.25 Å². The smallest absolute Gasteiger partial charge is 0.258 e. The highest BCUT2D eigenvalue weighted by Crippen LogP contribution is 2.37. The van der Waals surface area contributed by atoms with Gasteiger partial charge in [0.25, 0.3) is 5.91 Å². The largest absolute Gasteiger partial charge is 0.325 e. The first-order valence-corrected chi connectivity index (χ1v) is 10.6. The summed E-state index contributed by atoms with van der Waals surface area (Å²) in [4.78, 5) is 28.6. The molecule has 0 aliphatic carbocycles. The van der Waals surface area contributed by atoms with E-state index in [-0.39, 0.29) is 17.1 Å². The normalized spacial score (nSPS) is 17.0. The lowest BCUT2D eigenvalue weighted by atomic mass is 10.1. The zero-order chi connectivity index (χ0) is 19.8. The van der Waals surface area contributed by atoms with Crippen LogP contribution in [-0.4, -0.2) is 23.6 Å². The van der Waals surface area contributed by atoms with Gasteiger partial charge in [-0.25, -0.2) is 0 Å². The van der Waals surface area contributed by atoms with Gasteiger partial charge in [-0.2, -0.15) is 0 Å². The number of para-hydroxylation sites is 1. The summed E-state index contributed by atoms with van der Waals surface area (Å²) in [6.07, 6.45) is 1.63. The summed E-state index contributed by atoms with van der Waals surface area (Å²) in [5.74, 6) is -0.00614. The van der Waals surface area contributed by atoms with Gasteiger partial charge in [-0.3, -0.25) is 9.59 Å². The summed E-state index contributed by atoms with van der Waals surface area (Å²) in [7, 11) is 0. The molecule has 3 aromatic rings. The molecule has 144 valence electrons. The van der Waals surface area contributed by atoms with Crippen LogP contribution in [0.1, 0.15) is 21.5 Å². The van der Waals surface area contributed by atoms with Crippen molar-refractivity contribution in [3.05, 3.63) is 89.5 Å². The average Bonchev–Trinajstić information content (AvgIpc) is 3.38. The van der Waals surface area contributed by atoms with Crippen molar-refractivity contribution in [3.63, 3.8) is 0 Å². The van der Waals surface area contributed by atoms with Crippen LogP contribution in [0.2, 0.25) is 0 Å². The van der Waals surface area contributed by atoms with Gasteiger partial charge in [-0.1, -0.05) is 36.4 Å². The molecule has 0 saturated heterocycles. The number of thioether (sulfide) groups is 1. The molecule has 1 unspecified atom stereocenters. The molecule has 3 aromatic carbocycles. The van der Waals surface area contributed by atoms with E-state index >= 15 is 0 Å². The molecular formula is C24H20N2O2S. The maximum atomic E-state index is 12.9. The molecule has 4 nitrogen and oxygen atoms in total. The van der Waals surface area contributed by atoms with Crippen molar-refractivity contribution in [1.82, 2.24) is 0 Å². The number of amides is 2. The maximum absolute atomic E-state index is 12.9. The predicted molar refractivity (Wildman–Crippen MR) is 117 cm³/mol. The second kappa shape index (κ2) is 7.41. The van der Waals surface area contributed by atoms with Gasteiger partial charge in [-0.05, 0) is 60.4 Å². The summed E-state index contributed by atoms with van der Waals surface area (Å²) in [6, 6.07) is 23.4. The molecule has 5 rings (SSSR count). The molecule has 2 aliphatic heterocycles. The van der Waals surface area contributed by atoms with E-state index in [2.05, 4.69) is 23.5 Å². The number of carbonyl (C=O) groups is 2. The third kappa shape index (κ3) is 3.42. The lowest BCUT2D eigenvalue weighted by Gasteiger charge is -2.17. The fraction of sp³-hybridized carbons (Fsp3) is 0.167. The molecule has 1 atom stereocenters. The molecule has 5 heteroatoms. The Labute approximate surface area is 173 Å². The van der Waals surface area contributed by atoms with Gasteiger partial charge in [0.2, 0.25) is 5.91 Å². The van der Waals surface area contributed by atoms with E-state index in [1.807, 2.05) is 35.2 Å². The number of nitrogens with one attached hydrogen (secondary N) is 1. The first kappa shape index (κ1) is 18.0. The molecule has 0 fully saturated rings. The van der Waals surface area contributed by atoms with Crippen LogP contribution in [0.4, 0.5) is 11.4 Å². The Balaban J connectivity index is 1.25. The Morgan fingerprint density at radius 1 is 0.897 bits per heavy atom. The maximum Gasteiger partial charge on any atom is 0.258 e. The van der Waals surface area contributed by atoms with Crippen molar-refractivity contribution in [1.29, 1.82) is 0 Å². The van der Waals surface area contributed by atoms with Gasteiger partial charge >= 0.3 is 0 Å². The van der Waals surface area contributed by atoms with Crippen molar-refractivity contribution in [3.8, 4) is 0 Å². The highest BCUT2D eigenvalue weighted by Gasteiger charge is 2.28. The highest BCUT2D eigenvalue weighted by molar-refractivity contribution is 8.01. The molecule has 1 N–H and O–H groups in total. The number of hydrogen-bond donors (Lipinski definition) is 1. The van der Waals surface area contributed by atoms with E-state index in [1.54, 1.807) is 36.0 Å². The molecule has 2 aliphatic rings. The number of nitrogens with zero attached hydrogens (tertiary/aromatic N) is 1. The summed E-state index contributed by atoms with van der Waals surface area (Å²) in [5.41, 5.74) is 4.77. The van der Waals surface area contributed by atoms with Crippen molar-refractivity contribution < 1.29 is 9.59 Å². The van der Waals surface area contributed by atoms with Crippen LogP contribution in [0.5, 0.6) is 0 Å². The molecule has 0 saturated carbocycles. The first-order chi connectivity index (χ1) is 14.2. The average molecular weight is 401 g/mol. The molecule has 0 spiro atoms. The Morgan fingerprint density at radius 3 is 2.41 bits per heavy atom. The molecule has 2 heterocycles. The zero-order valence-corrected chi connectivity index (χ0v) is 16.6. The van der Waals surface area contributed by atoms with E-state index in [4.69, 9.17) is 0 Å². The van der Waals surface area contributed by atoms with Crippen LogP contribution in [0.25, 0.3) is 0 Å². The van der Waals surface area contributed by atoms with Crippen molar-refractivity contribution >= 4 is 35.0 Å². The Bertz CT molecular complexity index is 1070. The van der Waals surface area contributed by atoms with Gasteiger partial charge in [-0.15, -0.1) is 11.8 Å². The second-order valence-electron chi connectivity index (χ2n) is 7.32. The summed E-state index contributed by atoms with van der Waals surface area (Å²) >= 11 is 1.61. The third-order valence-electron chi connectivity index (χ3n) is 5.47. The van der Waals surface area contributed by atoms with E-state index in [0.29, 0.717) is 17.8 Å². The summed E-state index contributed by atoms with van der Waals surface area (Å²) < 4.78 is 0. The Morgan fingerprint density at radius 2 is 1.62 bits per heavy atom. The Hall–Kier alpha value is -3.05. The number of carbonyl (C=O) groups excluding carboxylic acids is 2. The number of rotatable bonds is 3. The quantitative estimate of drug-likeness (QED) is 0.702. The van der Waals surface area contributed by atoms with Crippen LogP contribution >= 0.6 is 11.8 Å². The van der Waals surface area contributed by atoms with E-state index in [0.717, 1.165) is 18.5 Å². The minimum absolute atomic E-state index is 0.00116. The van der Waals surface area contributed by atoms with E-state index < -0.39 is 0 Å². The molecule has 29 heavy (non-hydrogen) atoms. The molecule has 0 radical (unpaired) electrons. The summed E-state index contributed by atoms with van der Waals surface area (Å²) in [6.45, 7) is 0.704. The van der Waals surface area contributed by atoms with Crippen LogP contribution in [-0.2, 0) is 17.6 Å². The van der Waals surface area contributed by atoms with Crippen molar-refractivity contribution in [2.75, 3.05) is 16.8 Å². The monoisotopic (exact) mass is 400 g/mol. The second-order valence-corrected chi connectivity index (χ2v) is 8.57. The minimum Gasteiger partial charge on any atom is -0.325 e. The van der Waals surface area contributed by atoms with Crippen molar-refractivity contribution in [2.24, 2.45) is 0 Å². The lowest BCUT2D eigenvalue weighted by Crippen LogP contribution is -2.29. The molecule has 0 aromatic heterocycles. The van der Waals surface area contributed by atoms with Crippen LogP contribution in [0, 0.1) is 0 Å². The van der Waals surface area contributed by atoms with Gasteiger partial charge in [0.15, 0.2) is 0 Å². The Kier molecular flexibility index (Phi) is 4.60. The van der Waals surface area contributed by atoms with Crippen LogP contribution < -0.4 is 10.2 Å². The zero-order valence-electron chi connectivity index (χ0n) is 15.8. The van der Waals surface area contributed by atoms with E-state index in [9.17, 15) is 9.59 Å². The number of benzene rings is 3. The van der Waals surface area contributed by atoms with Gasteiger partial charge in [0.1, 0.15) is 0 Å². The molecule has 0 bridgehead atoms. The summed E-state index contributed by atoms with van der Waals surface area (Å²) in [5, 5.41) is 2.87. The topological polar surface area (TPSA) is 49.4 Å². The van der Waals surface area contributed by atoms with Crippen LogP contribution in [0.3, 0.4) is 0 Å². The molecule has 2 amide bonds. The number of anilines is 2. The van der Waals surface area contributed by atoms with Gasteiger partial charge in [0, 0.05) is 28.4 Å². The van der Waals surface area contributed by atoms with Crippen molar-refractivity contribution in [2.45, 2.75) is 23.0 Å². The standard InChI is InChI=1S/C24H20N2O2S/c27-23(22-15-18-6-2-4-8-21(18)29-22)25-19-11-9-17(10-12-19)24(28)26-14-13-16-5-1-3-7-20(16)26/h1-12,22H,13-15H2,(H,25,27). The predicted octanol–water partition coefficient (Wildman–Crippen LogP) is 4.55. The lowest BCUT2D eigenvalue weighted by molar-refractivity contribution is -0.115. The van der Waals surface area contributed by atoms with Gasteiger partial charge < -0.3 is 10.2 Å². The first-order valence-electron chi connectivity index (χ1n) is 9.74. The van der Waals surface area contributed by atoms with Crippen LogP contribution in [0.15, 0.2) is 77.7 Å². The fourth-order valence-corrected chi connectivity index (χ4v) is 5.15. The SMILES string of the molecule is O=C(Nc1ccc(C(=O)N2CCc3ccccc32)cc1)C1Cc2ccccc2S1. The third-order valence-corrected chi connectivity index (χ3v) is 6.79. The number of hydrogen-bond acceptors (Lipinski definition) is 3. The highest BCUT2D eigenvalue weighted by atomic mass is 32.2. The minimum atomic E-state index is -0.116. The number of fused-ring (bicyclic) bond motifs is 2. The fourth-order valence-electron chi connectivity index (χ4n) is 3.95.